The molecule has 1 fully saturated rings. The minimum absolute atomic E-state index is 0.214. The van der Waals surface area contributed by atoms with Crippen LogP contribution in [0, 0.1) is 5.82 Å². The smallest absolute Gasteiger partial charge is 0.137 e. The van der Waals surface area contributed by atoms with Crippen molar-refractivity contribution in [2.24, 2.45) is 0 Å². The lowest BCUT2D eigenvalue weighted by Crippen LogP contribution is -2.37. The number of rotatable bonds is 3. The van der Waals surface area contributed by atoms with Crippen LogP contribution < -0.4 is 5.32 Å². The van der Waals surface area contributed by atoms with E-state index in [0.717, 1.165) is 31.6 Å². The van der Waals surface area contributed by atoms with Gasteiger partial charge in [-0.3, -0.25) is 0 Å². The van der Waals surface area contributed by atoms with E-state index in [0.29, 0.717) is 16.6 Å². The maximum Gasteiger partial charge on any atom is 0.137 e. The van der Waals surface area contributed by atoms with Gasteiger partial charge in [0.25, 0.3) is 0 Å². The van der Waals surface area contributed by atoms with Gasteiger partial charge in [-0.05, 0) is 53.4 Å². The lowest BCUT2D eigenvalue weighted by molar-refractivity contribution is 0.0130. The molecule has 4 heteroatoms. The summed E-state index contributed by atoms with van der Waals surface area (Å²) >= 11 is 3.20. The van der Waals surface area contributed by atoms with Gasteiger partial charge in [-0.1, -0.05) is 6.07 Å². The van der Waals surface area contributed by atoms with Crippen LogP contribution in [0.25, 0.3) is 0 Å². The molecule has 2 atom stereocenters. The van der Waals surface area contributed by atoms with Crippen LogP contribution in [0.5, 0.6) is 0 Å². The van der Waals surface area contributed by atoms with Gasteiger partial charge in [0.1, 0.15) is 5.82 Å². The van der Waals surface area contributed by atoms with Gasteiger partial charge in [-0.2, -0.15) is 0 Å². The first-order valence-electron chi connectivity index (χ1n) is 5.94. The zero-order valence-electron chi connectivity index (χ0n) is 9.88. The number of hydrogen-bond acceptors (Lipinski definition) is 2. The van der Waals surface area contributed by atoms with E-state index in [-0.39, 0.29) is 5.82 Å². The van der Waals surface area contributed by atoms with Crippen LogP contribution in [0.4, 0.5) is 4.39 Å². The molecule has 0 radical (unpaired) electrons. The zero-order chi connectivity index (χ0) is 12.3. The molecule has 2 rings (SSSR count). The Morgan fingerprint density at radius 2 is 2.35 bits per heavy atom. The van der Waals surface area contributed by atoms with E-state index >= 15 is 0 Å². The van der Waals surface area contributed by atoms with Crippen LogP contribution in [-0.2, 0) is 11.3 Å². The van der Waals surface area contributed by atoms with Gasteiger partial charge in [0.2, 0.25) is 0 Å². The van der Waals surface area contributed by atoms with Gasteiger partial charge >= 0.3 is 0 Å². The second-order valence-electron chi connectivity index (χ2n) is 4.53. The molecule has 0 aromatic heterocycles. The van der Waals surface area contributed by atoms with Crippen LogP contribution in [0.2, 0.25) is 0 Å². The quantitative estimate of drug-likeness (QED) is 0.925. The predicted octanol–water partition coefficient (Wildman–Crippen LogP) is 3.25. The minimum atomic E-state index is -0.214. The van der Waals surface area contributed by atoms with Crippen molar-refractivity contribution < 1.29 is 9.13 Å². The first kappa shape index (κ1) is 13.0. The lowest BCUT2D eigenvalue weighted by Gasteiger charge is -2.28. The third-order valence-corrected chi connectivity index (χ3v) is 3.67. The molecule has 0 saturated carbocycles. The highest BCUT2D eigenvalue weighted by Gasteiger charge is 2.18. The van der Waals surface area contributed by atoms with E-state index in [1.807, 2.05) is 12.1 Å². The SMILES string of the molecule is CC1CC(NCc2ccc(F)c(Br)c2)CCO1. The van der Waals surface area contributed by atoms with E-state index in [4.69, 9.17) is 4.74 Å². The summed E-state index contributed by atoms with van der Waals surface area (Å²) in [7, 11) is 0. The second kappa shape index (κ2) is 5.94. The van der Waals surface area contributed by atoms with Crippen molar-refractivity contribution in [2.45, 2.75) is 38.5 Å². The highest BCUT2D eigenvalue weighted by atomic mass is 79.9. The summed E-state index contributed by atoms with van der Waals surface area (Å²) < 4.78 is 19.1. The summed E-state index contributed by atoms with van der Waals surface area (Å²) in [4.78, 5) is 0. The number of halogens is 2. The molecule has 2 unspecified atom stereocenters. The summed E-state index contributed by atoms with van der Waals surface area (Å²) in [5, 5.41) is 3.49. The summed E-state index contributed by atoms with van der Waals surface area (Å²) in [6.45, 7) is 3.70. The van der Waals surface area contributed by atoms with Crippen molar-refractivity contribution in [3.05, 3.63) is 34.1 Å². The number of ether oxygens (including phenoxy) is 1. The fourth-order valence-electron chi connectivity index (χ4n) is 2.10. The molecule has 0 spiro atoms. The van der Waals surface area contributed by atoms with Crippen LogP contribution in [-0.4, -0.2) is 18.8 Å². The zero-order valence-corrected chi connectivity index (χ0v) is 11.5. The fraction of sp³-hybridized carbons (Fsp3) is 0.538. The number of benzene rings is 1. The molecule has 94 valence electrons. The Morgan fingerprint density at radius 1 is 1.53 bits per heavy atom. The van der Waals surface area contributed by atoms with Gasteiger partial charge in [0.15, 0.2) is 0 Å². The van der Waals surface area contributed by atoms with Crippen LogP contribution in [0.15, 0.2) is 22.7 Å². The molecule has 1 aromatic carbocycles. The largest absolute Gasteiger partial charge is 0.378 e. The van der Waals surface area contributed by atoms with Gasteiger partial charge < -0.3 is 10.1 Å². The summed E-state index contributed by atoms with van der Waals surface area (Å²) in [5.41, 5.74) is 1.09. The van der Waals surface area contributed by atoms with Gasteiger partial charge in [0, 0.05) is 19.2 Å². The molecular formula is C13H17BrFNO. The molecule has 1 aliphatic rings. The van der Waals surface area contributed by atoms with Crippen molar-refractivity contribution >= 4 is 15.9 Å². The molecule has 1 heterocycles. The highest BCUT2D eigenvalue weighted by Crippen LogP contribution is 2.18. The van der Waals surface area contributed by atoms with E-state index in [2.05, 4.69) is 28.2 Å². The molecule has 1 saturated heterocycles. The maximum atomic E-state index is 13.1. The molecule has 0 aliphatic carbocycles. The topological polar surface area (TPSA) is 21.3 Å². The molecular weight excluding hydrogens is 285 g/mol. The van der Waals surface area contributed by atoms with E-state index in [1.54, 1.807) is 0 Å². The Morgan fingerprint density at radius 3 is 3.06 bits per heavy atom. The molecule has 1 aliphatic heterocycles. The lowest BCUT2D eigenvalue weighted by atomic mass is 10.0. The first-order chi connectivity index (χ1) is 8.15. The minimum Gasteiger partial charge on any atom is -0.378 e. The van der Waals surface area contributed by atoms with E-state index < -0.39 is 0 Å². The third-order valence-electron chi connectivity index (χ3n) is 3.06. The Labute approximate surface area is 110 Å². The molecule has 2 nitrogen and oxygen atoms in total. The molecule has 0 amide bonds. The fourth-order valence-corrected chi connectivity index (χ4v) is 2.52. The Balaban J connectivity index is 1.86. The molecule has 0 bridgehead atoms. The molecule has 1 aromatic rings. The second-order valence-corrected chi connectivity index (χ2v) is 5.39. The van der Waals surface area contributed by atoms with Crippen molar-refractivity contribution in [1.29, 1.82) is 0 Å². The van der Waals surface area contributed by atoms with Gasteiger partial charge in [-0.15, -0.1) is 0 Å². The molecule has 17 heavy (non-hydrogen) atoms. The highest BCUT2D eigenvalue weighted by molar-refractivity contribution is 9.10. The summed E-state index contributed by atoms with van der Waals surface area (Å²) in [6, 6.07) is 5.64. The van der Waals surface area contributed by atoms with Crippen LogP contribution >= 0.6 is 15.9 Å². The standard InChI is InChI=1S/C13H17BrFNO/c1-9-6-11(4-5-17-9)16-8-10-2-3-13(15)12(14)7-10/h2-3,7,9,11,16H,4-6,8H2,1H3. The number of nitrogens with one attached hydrogen (secondary N) is 1. The third kappa shape index (κ3) is 3.76. The average Bonchev–Trinajstić information content (AvgIpc) is 2.31. The number of hydrogen-bond donors (Lipinski definition) is 1. The van der Waals surface area contributed by atoms with Gasteiger partial charge in [0.05, 0.1) is 10.6 Å². The van der Waals surface area contributed by atoms with Crippen LogP contribution in [0.3, 0.4) is 0 Å². The Hall–Kier alpha value is -0.450. The summed E-state index contributed by atoms with van der Waals surface area (Å²) in [6.07, 6.45) is 2.43. The monoisotopic (exact) mass is 301 g/mol. The average molecular weight is 302 g/mol. The van der Waals surface area contributed by atoms with Crippen molar-refractivity contribution in [2.75, 3.05) is 6.61 Å². The van der Waals surface area contributed by atoms with Crippen molar-refractivity contribution in [3.63, 3.8) is 0 Å². The van der Waals surface area contributed by atoms with Crippen molar-refractivity contribution in [1.82, 2.24) is 5.32 Å². The first-order valence-corrected chi connectivity index (χ1v) is 6.73. The molecule has 1 N–H and O–H groups in total. The van der Waals surface area contributed by atoms with E-state index in [1.165, 1.54) is 6.07 Å². The Kier molecular flexibility index (Phi) is 4.54. The normalized spacial score (nSPS) is 24.9. The predicted molar refractivity (Wildman–Crippen MR) is 69.4 cm³/mol. The summed E-state index contributed by atoms with van der Waals surface area (Å²) in [5.74, 6) is -0.214. The van der Waals surface area contributed by atoms with Gasteiger partial charge in [-0.25, -0.2) is 4.39 Å². The Bertz CT molecular complexity index is 386. The van der Waals surface area contributed by atoms with E-state index in [9.17, 15) is 4.39 Å². The van der Waals surface area contributed by atoms with Crippen molar-refractivity contribution in [3.8, 4) is 0 Å². The van der Waals surface area contributed by atoms with Crippen LogP contribution in [0.1, 0.15) is 25.3 Å². The maximum absolute atomic E-state index is 13.1.